The van der Waals surface area contributed by atoms with Gasteiger partial charge in [0.15, 0.2) is 6.10 Å². The molecule has 2 unspecified atom stereocenters. The summed E-state index contributed by atoms with van der Waals surface area (Å²) in [6.07, 6.45) is -1.01. The summed E-state index contributed by atoms with van der Waals surface area (Å²) < 4.78 is 5.01. The van der Waals surface area contributed by atoms with E-state index in [1.807, 2.05) is 0 Å². The number of amides is 3. The summed E-state index contributed by atoms with van der Waals surface area (Å²) in [6.45, 7) is 2.03. The second kappa shape index (κ2) is 6.37. The van der Waals surface area contributed by atoms with Gasteiger partial charge in [-0.2, -0.15) is 0 Å². The molecule has 19 heavy (non-hydrogen) atoms. The number of hydrogen-bond acceptors (Lipinski definition) is 4. The van der Waals surface area contributed by atoms with Crippen LogP contribution in [0.2, 0.25) is 0 Å². The highest BCUT2D eigenvalue weighted by atomic mass is 16.5. The first-order chi connectivity index (χ1) is 8.82. The van der Waals surface area contributed by atoms with Crippen LogP contribution in [0.4, 0.5) is 4.79 Å². The minimum Gasteiger partial charge on any atom is -0.479 e. The molecule has 0 saturated carbocycles. The summed E-state index contributed by atoms with van der Waals surface area (Å²) in [5.41, 5.74) is 0. The van der Waals surface area contributed by atoms with Crippen LogP contribution in [0.15, 0.2) is 0 Å². The van der Waals surface area contributed by atoms with Gasteiger partial charge >= 0.3 is 12.0 Å². The van der Waals surface area contributed by atoms with Crippen LogP contribution in [0.1, 0.15) is 6.92 Å². The topological polar surface area (TPSA) is 99.2 Å². The van der Waals surface area contributed by atoms with Crippen molar-refractivity contribution in [3.8, 4) is 0 Å². The smallest absolute Gasteiger partial charge is 0.334 e. The Hall–Kier alpha value is -1.83. The van der Waals surface area contributed by atoms with Crippen molar-refractivity contribution in [1.82, 2.24) is 15.1 Å². The molecule has 2 atom stereocenters. The normalized spacial score (nSPS) is 20.6. The number of carbonyl (C=O) groups is 3. The standard InChI is InChI=1S/C11H19N3O5/c1-7(9(15)13(2)3)12-11(18)14-4-5-19-8(6-14)10(16)17/h7-8H,4-6H2,1-3H3,(H,12,18)(H,16,17). The first kappa shape index (κ1) is 15.2. The third kappa shape index (κ3) is 4.09. The maximum atomic E-state index is 11.9. The van der Waals surface area contributed by atoms with Crippen molar-refractivity contribution in [2.24, 2.45) is 0 Å². The zero-order chi connectivity index (χ0) is 14.6. The molecule has 0 aromatic rings. The highest BCUT2D eigenvalue weighted by Crippen LogP contribution is 2.06. The lowest BCUT2D eigenvalue weighted by molar-refractivity contribution is -0.154. The SMILES string of the molecule is CC(NC(=O)N1CCOC(C(=O)O)C1)C(=O)N(C)C. The Morgan fingerprint density at radius 2 is 2.05 bits per heavy atom. The first-order valence-corrected chi connectivity index (χ1v) is 5.94. The van der Waals surface area contributed by atoms with Gasteiger partial charge in [0, 0.05) is 20.6 Å². The maximum absolute atomic E-state index is 11.9. The number of rotatable bonds is 3. The number of aliphatic carboxylic acids is 1. The van der Waals surface area contributed by atoms with E-state index in [1.165, 1.54) is 9.80 Å². The van der Waals surface area contributed by atoms with Crippen molar-refractivity contribution in [3.63, 3.8) is 0 Å². The Labute approximate surface area is 111 Å². The minimum absolute atomic E-state index is 0.0238. The van der Waals surface area contributed by atoms with E-state index in [-0.39, 0.29) is 19.1 Å². The summed E-state index contributed by atoms with van der Waals surface area (Å²) in [6, 6.07) is -1.12. The third-order valence-electron chi connectivity index (χ3n) is 2.78. The number of morpholine rings is 1. The third-order valence-corrected chi connectivity index (χ3v) is 2.78. The first-order valence-electron chi connectivity index (χ1n) is 5.94. The average Bonchev–Trinajstić information content (AvgIpc) is 2.37. The Balaban J connectivity index is 2.53. The van der Waals surface area contributed by atoms with Crippen molar-refractivity contribution in [1.29, 1.82) is 0 Å². The molecule has 8 nitrogen and oxygen atoms in total. The molecule has 1 saturated heterocycles. The number of nitrogens with zero attached hydrogens (tertiary/aromatic N) is 2. The Kier molecular flexibility index (Phi) is 5.11. The number of hydrogen-bond donors (Lipinski definition) is 2. The lowest BCUT2D eigenvalue weighted by Gasteiger charge is -2.31. The molecule has 108 valence electrons. The second-order valence-electron chi connectivity index (χ2n) is 4.55. The van der Waals surface area contributed by atoms with E-state index in [0.717, 1.165) is 0 Å². The van der Waals surface area contributed by atoms with Crippen LogP contribution in [-0.4, -0.2) is 78.8 Å². The lowest BCUT2D eigenvalue weighted by atomic mass is 10.2. The van der Waals surface area contributed by atoms with E-state index >= 15 is 0 Å². The number of carboxylic acid groups (broad SMARTS) is 1. The van der Waals surface area contributed by atoms with Crippen molar-refractivity contribution in [2.75, 3.05) is 33.8 Å². The molecule has 2 N–H and O–H groups in total. The Bertz CT molecular complexity index is 371. The molecular weight excluding hydrogens is 254 g/mol. The van der Waals surface area contributed by atoms with E-state index in [0.29, 0.717) is 6.54 Å². The van der Waals surface area contributed by atoms with E-state index < -0.39 is 24.1 Å². The van der Waals surface area contributed by atoms with Gasteiger partial charge in [0.2, 0.25) is 5.91 Å². The van der Waals surface area contributed by atoms with Gasteiger partial charge in [-0.25, -0.2) is 9.59 Å². The van der Waals surface area contributed by atoms with Crippen molar-refractivity contribution < 1.29 is 24.2 Å². The number of urea groups is 1. The molecule has 8 heteroatoms. The molecule has 0 spiro atoms. The molecule has 1 aliphatic rings. The molecule has 1 rings (SSSR count). The largest absolute Gasteiger partial charge is 0.479 e. The Morgan fingerprint density at radius 1 is 1.42 bits per heavy atom. The summed E-state index contributed by atoms with van der Waals surface area (Å²) in [4.78, 5) is 37.0. The van der Waals surface area contributed by atoms with Gasteiger partial charge in [-0.15, -0.1) is 0 Å². The highest BCUT2D eigenvalue weighted by molar-refractivity contribution is 5.86. The molecule has 0 bridgehead atoms. The van der Waals surface area contributed by atoms with E-state index in [1.54, 1.807) is 21.0 Å². The number of nitrogens with one attached hydrogen (secondary N) is 1. The fraction of sp³-hybridized carbons (Fsp3) is 0.727. The van der Waals surface area contributed by atoms with Crippen LogP contribution in [0.3, 0.4) is 0 Å². The Morgan fingerprint density at radius 3 is 2.58 bits per heavy atom. The van der Waals surface area contributed by atoms with Crippen molar-refractivity contribution in [2.45, 2.75) is 19.1 Å². The number of carboxylic acids is 1. The van der Waals surface area contributed by atoms with Crippen LogP contribution < -0.4 is 5.32 Å². The van der Waals surface area contributed by atoms with Gasteiger partial charge in [0.25, 0.3) is 0 Å². The molecule has 0 aliphatic carbocycles. The highest BCUT2D eigenvalue weighted by Gasteiger charge is 2.30. The predicted octanol–water partition coefficient (Wildman–Crippen LogP) is -1.04. The molecular formula is C11H19N3O5. The van der Waals surface area contributed by atoms with Gasteiger partial charge in [-0.05, 0) is 6.92 Å². The molecule has 1 heterocycles. The maximum Gasteiger partial charge on any atom is 0.334 e. The number of likely N-dealkylation sites (N-methyl/N-ethyl adjacent to an activating group) is 1. The minimum atomic E-state index is -1.10. The van der Waals surface area contributed by atoms with Crippen LogP contribution in [0, 0.1) is 0 Å². The molecule has 1 fully saturated rings. The molecule has 0 aromatic heterocycles. The van der Waals surface area contributed by atoms with Crippen LogP contribution in [0.5, 0.6) is 0 Å². The second-order valence-corrected chi connectivity index (χ2v) is 4.55. The van der Waals surface area contributed by atoms with E-state index in [9.17, 15) is 14.4 Å². The van der Waals surface area contributed by atoms with Gasteiger partial charge in [0.1, 0.15) is 6.04 Å². The van der Waals surface area contributed by atoms with Crippen LogP contribution >= 0.6 is 0 Å². The van der Waals surface area contributed by atoms with Crippen LogP contribution in [0.25, 0.3) is 0 Å². The van der Waals surface area contributed by atoms with E-state index in [4.69, 9.17) is 9.84 Å². The van der Waals surface area contributed by atoms with Crippen LogP contribution in [-0.2, 0) is 14.3 Å². The summed E-state index contributed by atoms with van der Waals surface area (Å²) in [5, 5.41) is 11.4. The van der Waals surface area contributed by atoms with Crippen molar-refractivity contribution >= 4 is 17.9 Å². The van der Waals surface area contributed by atoms with Crippen molar-refractivity contribution in [3.05, 3.63) is 0 Å². The average molecular weight is 273 g/mol. The molecule has 1 aliphatic heterocycles. The zero-order valence-electron chi connectivity index (χ0n) is 11.3. The summed E-state index contributed by atoms with van der Waals surface area (Å²) in [5.74, 6) is -1.33. The fourth-order valence-electron chi connectivity index (χ4n) is 1.71. The molecule has 0 radical (unpaired) electrons. The van der Waals surface area contributed by atoms with Gasteiger partial charge < -0.3 is 25.0 Å². The number of ether oxygens (including phenoxy) is 1. The predicted molar refractivity (Wildman–Crippen MR) is 65.6 cm³/mol. The molecule has 3 amide bonds. The van der Waals surface area contributed by atoms with Gasteiger partial charge in [-0.1, -0.05) is 0 Å². The summed E-state index contributed by atoms with van der Waals surface area (Å²) in [7, 11) is 3.19. The quantitative estimate of drug-likeness (QED) is 0.684. The fourth-order valence-corrected chi connectivity index (χ4v) is 1.71. The van der Waals surface area contributed by atoms with E-state index in [2.05, 4.69) is 5.32 Å². The van der Waals surface area contributed by atoms with Gasteiger partial charge in [-0.3, -0.25) is 4.79 Å². The lowest BCUT2D eigenvalue weighted by Crippen LogP contribution is -2.55. The monoisotopic (exact) mass is 273 g/mol. The zero-order valence-corrected chi connectivity index (χ0v) is 11.3. The number of carbonyl (C=O) groups excluding carboxylic acids is 2. The summed E-state index contributed by atoms with van der Waals surface area (Å²) >= 11 is 0. The van der Waals surface area contributed by atoms with Gasteiger partial charge in [0.05, 0.1) is 13.2 Å². The molecule has 0 aromatic carbocycles.